The molecule has 0 saturated heterocycles. The molecule has 0 atom stereocenters. The maximum absolute atomic E-state index is 14.2. The molecule has 0 radical (unpaired) electrons. The molecule has 32 heavy (non-hydrogen) atoms. The summed E-state index contributed by atoms with van der Waals surface area (Å²) < 4.78 is 41.6. The lowest BCUT2D eigenvalue weighted by Gasteiger charge is -2.13. The standard InChI is InChI=1S/C22H20F2N4O4/c1-31-9-8-27-21(29)19-20(28(22(27)30)16-4-3-5-17(11-16)32-2)25-13-26(19)12-14-6-7-15(23)10-18(14)24/h3-7,10-11,13H,8-9,12H2,1-2H3. The highest BCUT2D eigenvalue weighted by molar-refractivity contribution is 5.72. The maximum atomic E-state index is 14.2. The zero-order chi connectivity index (χ0) is 22.8. The van der Waals surface area contributed by atoms with Crippen LogP contribution < -0.4 is 16.0 Å². The number of methoxy groups -OCH3 is 2. The summed E-state index contributed by atoms with van der Waals surface area (Å²) in [6, 6.07) is 9.98. The van der Waals surface area contributed by atoms with Crippen molar-refractivity contribution in [3.8, 4) is 11.4 Å². The monoisotopic (exact) mass is 442 g/mol. The molecular formula is C22H20F2N4O4. The van der Waals surface area contributed by atoms with Crippen molar-refractivity contribution in [3.63, 3.8) is 0 Å². The first-order chi connectivity index (χ1) is 15.4. The number of hydrogen-bond donors (Lipinski definition) is 0. The summed E-state index contributed by atoms with van der Waals surface area (Å²) in [5.74, 6) is -0.923. The van der Waals surface area contributed by atoms with Crippen LogP contribution in [0.4, 0.5) is 8.78 Å². The minimum Gasteiger partial charge on any atom is -0.497 e. The number of fused-ring (bicyclic) bond motifs is 1. The molecule has 0 unspecified atom stereocenters. The third-order valence-electron chi connectivity index (χ3n) is 5.09. The Kier molecular flexibility index (Phi) is 5.87. The van der Waals surface area contributed by atoms with Crippen LogP contribution in [0, 0.1) is 11.6 Å². The number of ether oxygens (including phenoxy) is 2. The first kappa shape index (κ1) is 21.4. The van der Waals surface area contributed by atoms with Gasteiger partial charge >= 0.3 is 5.69 Å². The number of aromatic nitrogens is 4. The van der Waals surface area contributed by atoms with E-state index in [1.54, 1.807) is 24.3 Å². The lowest BCUT2D eigenvalue weighted by molar-refractivity contribution is 0.184. The van der Waals surface area contributed by atoms with E-state index in [9.17, 15) is 18.4 Å². The molecule has 2 heterocycles. The SMILES string of the molecule is COCCn1c(=O)c2c(ncn2Cc2ccc(F)cc2F)n(-c2cccc(OC)c2)c1=O. The fourth-order valence-electron chi connectivity index (χ4n) is 3.50. The van der Waals surface area contributed by atoms with Gasteiger partial charge in [0.15, 0.2) is 11.2 Å². The summed E-state index contributed by atoms with van der Waals surface area (Å²) in [4.78, 5) is 30.8. The molecule has 0 aliphatic carbocycles. The minimum atomic E-state index is -0.743. The molecule has 8 nitrogen and oxygen atoms in total. The Morgan fingerprint density at radius 1 is 1.06 bits per heavy atom. The molecule has 0 amide bonds. The second-order valence-corrected chi connectivity index (χ2v) is 7.05. The van der Waals surface area contributed by atoms with Gasteiger partial charge in [-0.25, -0.2) is 23.1 Å². The highest BCUT2D eigenvalue weighted by atomic mass is 19.1. The van der Waals surface area contributed by atoms with Crippen LogP contribution in [0.15, 0.2) is 58.4 Å². The van der Waals surface area contributed by atoms with Crippen LogP contribution in [-0.4, -0.2) is 39.5 Å². The van der Waals surface area contributed by atoms with Crippen LogP contribution in [-0.2, 0) is 17.8 Å². The Morgan fingerprint density at radius 3 is 2.59 bits per heavy atom. The molecule has 0 fully saturated rings. The first-order valence-corrected chi connectivity index (χ1v) is 9.72. The van der Waals surface area contributed by atoms with Gasteiger partial charge in [-0.1, -0.05) is 12.1 Å². The highest BCUT2D eigenvalue weighted by Gasteiger charge is 2.20. The van der Waals surface area contributed by atoms with E-state index in [4.69, 9.17) is 9.47 Å². The quantitative estimate of drug-likeness (QED) is 0.439. The van der Waals surface area contributed by atoms with E-state index in [1.165, 1.54) is 35.7 Å². The molecule has 0 aliphatic heterocycles. The summed E-state index contributed by atoms with van der Waals surface area (Å²) in [6.07, 6.45) is 1.35. The van der Waals surface area contributed by atoms with Crippen molar-refractivity contribution in [1.82, 2.24) is 18.7 Å². The van der Waals surface area contributed by atoms with Gasteiger partial charge in [0.2, 0.25) is 0 Å². The fourth-order valence-corrected chi connectivity index (χ4v) is 3.50. The Morgan fingerprint density at radius 2 is 1.88 bits per heavy atom. The summed E-state index contributed by atoms with van der Waals surface area (Å²) in [5.41, 5.74) is -0.333. The molecule has 0 saturated carbocycles. The van der Waals surface area contributed by atoms with Crippen LogP contribution in [0.1, 0.15) is 5.56 Å². The van der Waals surface area contributed by atoms with Gasteiger partial charge < -0.3 is 14.0 Å². The second-order valence-electron chi connectivity index (χ2n) is 7.05. The smallest absolute Gasteiger partial charge is 0.337 e. The predicted octanol–water partition coefficient (Wildman–Crippen LogP) is 2.33. The molecule has 0 N–H and O–H groups in total. The Bertz CT molecular complexity index is 1410. The van der Waals surface area contributed by atoms with Gasteiger partial charge in [0.25, 0.3) is 5.56 Å². The Hall–Kier alpha value is -3.79. The second kappa shape index (κ2) is 8.75. The summed E-state index contributed by atoms with van der Waals surface area (Å²) in [5, 5.41) is 0. The van der Waals surface area contributed by atoms with Gasteiger partial charge in [0, 0.05) is 24.8 Å². The van der Waals surface area contributed by atoms with Gasteiger partial charge in [-0.2, -0.15) is 0 Å². The minimum absolute atomic E-state index is 0.0180. The number of rotatable bonds is 7. The Balaban J connectivity index is 1.97. The van der Waals surface area contributed by atoms with Crippen LogP contribution in [0.25, 0.3) is 16.9 Å². The van der Waals surface area contributed by atoms with E-state index in [1.807, 2.05) is 0 Å². The lowest BCUT2D eigenvalue weighted by Crippen LogP contribution is -2.41. The van der Waals surface area contributed by atoms with Crippen molar-refractivity contribution in [2.45, 2.75) is 13.1 Å². The van der Waals surface area contributed by atoms with Gasteiger partial charge in [0.05, 0.1) is 38.8 Å². The molecule has 4 aromatic rings. The lowest BCUT2D eigenvalue weighted by atomic mass is 10.2. The van der Waals surface area contributed by atoms with Crippen molar-refractivity contribution < 1.29 is 18.3 Å². The van der Waals surface area contributed by atoms with Crippen molar-refractivity contribution in [2.75, 3.05) is 20.8 Å². The average molecular weight is 442 g/mol. The third-order valence-corrected chi connectivity index (χ3v) is 5.09. The number of nitrogens with zero attached hydrogens (tertiary/aromatic N) is 4. The van der Waals surface area contributed by atoms with Gasteiger partial charge in [0.1, 0.15) is 17.4 Å². The molecule has 4 rings (SSSR count). The van der Waals surface area contributed by atoms with Gasteiger partial charge in [-0.05, 0) is 18.2 Å². The van der Waals surface area contributed by atoms with E-state index in [0.717, 1.165) is 16.7 Å². The molecule has 166 valence electrons. The maximum Gasteiger partial charge on any atom is 0.337 e. The van der Waals surface area contributed by atoms with E-state index in [0.29, 0.717) is 11.4 Å². The van der Waals surface area contributed by atoms with Crippen LogP contribution in [0.5, 0.6) is 5.75 Å². The average Bonchev–Trinajstić information content (AvgIpc) is 3.19. The highest BCUT2D eigenvalue weighted by Crippen LogP contribution is 2.19. The van der Waals surface area contributed by atoms with E-state index in [-0.39, 0.29) is 36.4 Å². The fraction of sp³-hybridized carbons (Fsp3) is 0.227. The predicted molar refractivity (Wildman–Crippen MR) is 113 cm³/mol. The van der Waals surface area contributed by atoms with Crippen molar-refractivity contribution >= 4 is 11.2 Å². The van der Waals surface area contributed by atoms with Crippen molar-refractivity contribution in [2.24, 2.45) is 0 Å². The zero-order valence-corrected chi connectivity index (χ0v) is 17.4. The molecule has 0 bridgehead atoms. The van der Waals surface area contributed by atoms with Gasteiger partial charge in [-0.3, -0.25) is 9.36 Å². The number of benzene rings is 2. The van der Waals surface area contributed by atoms with Crippen LogP contribution in [0.3, 0.4) is 0 Å². The van der Waals surface area contributed by atoms with Crippen molar-refractivity contribution in [1.29, 1.82) is 0 Å². The molecule has 10 heteroatoms. The van der Waals surface area contributed by atoms with Gasteiger partial charge in [-0.15, -0.1) is 0 Å². The normalized spacial score (nSPS) is 11.2. The molecule has 0 spiro atoms. The number of imidazole rings is 1. The summed E-state index contributed by atoms with van der Waals surface area (Å²) >= 11 is 0. The summed E-state index contributed by atoms with van der Waals surface area (Å²) in [7, 11) is 2.97. The van der Waals surface area contributed by atoms with E-state index < -0.39 is 22.9 Å². The first-order valence-electron chi connectivity index (χ1n) is 9.72. The van der Waals surface area contributed by atoms with Crippen LogP contribution >= 0.6 is 0 Å². The summed E-state index contributed by atoms with van der Waals surface area (Å²) in [6.45, 7) is 0.0854. The topological polar surface area (TPSA) is 80.3 Å². The molecule has 2 aromatic heterocycles. The molecule has 2 aromatic carbocycles. The zero-order valence-electron chi connectivity index (χ0n) is 17.4. The third kappa shape index (κ3) is 3.80. The van der Waals surface area contributed by atoms with E-state index in [2.05, 4.69) is 4.98 Å². The van der Waals surface area contributed by atoms with Crippen LogP contribution in [0.2, 0.25) is 0 Å². The Labute approximate surface area is 180 Å². The van der Waals surface area contributed by atoms with Crippen molar-refractivity contribution in [3.05, 3.63) is 86.8 Å². The number of halogens is 2. The number of hydrogen-bond acceptors (Lipinski definition) is 5. The van der Waals surface area contributed by atoms with E-state index >= 15 is 0 Å². The largest absolute Gasteiger partial charge is 0.497 e. The molecule has 0 aliphatic rings. The molecular weight excluding hydrogens is 422 g/mol.